The van der Waals surface area contributed by atoms with E-state index in [4.69, 9.17) is 16.3 Å². The van der Waals surface area contributed by atoms with Crippen LogP contribution in [0, 0.1) is 6.92 Å². The van der Waals surface area contributed by atoms with Crippen molar-refractivity contribution in [1.29, 1.82) is 0 Å². The van der Waals surface area contributed by atoms with Crippen LogP contribution in [0.3, 0.4) is 0 Å². The maximum absolute atomic E-state index is 6.11. The van der Waals surface area contributed by atoms with Crippen LogP contribution in [-0.4, -0.2) is 16.7 Å². The molecule has 0 saturated heterocycles. The number of halogens is 1. The van der Waals surface area contributed by atoms with Crippen LogP contribution in [0.4, 0.5) is 11.6 Å². The van der Waals surface area contributed by atoms with Gasteiger partial charge in [-0.1, -0.05) is 11.6 Å². The molecule has 4 nitrogen and oxygen atoms in total. The number of aromatic nitrogens is 2. The maximum Gasteiger partial charge on any atom is 0.207 e. The Labute approximate surface area is 117 Å². The van der Waals surface area contributed by atoms with Crippen LogP contribution in [0.25, 0.3) is 0 Å². The molecule has 3 rings (SSSR count). The van der Waals surface area contributed by atoms with Gasteiger partial charge in [0.2, 0.25) is 5.95 Å². The summed E-state index contributed by atoms with van der Waals surface area (Å²) in [5.41, 5.74) is 1.90. The first-order chi connectivity index (χ1) is 9.19. The van der Waals surface area contributed by atoms with E-state index in [0.717, 1.165) is 22.9 Å². The van der Waals surface area contributed by atoms with Crippen molar-refractivity contribution in [2.45, 2.75) is 25.8 Å². The summed E-state index contributed by atoms with van der Waals surface area (Å²) >= 11 is 6.11. The maximum atomic E-state index is 6.11. The van der Waals surface area contributed by atoms with E-state index in [2.05, 4.69) is 14.9 Å². The van der Waals surface area contributed by atoms with Crippen LogP contribution < -0.4 is 10.1 Å². The Hall–Kier alpha value is -1.68. The smallest absolute Gasteiger partial charge is 0.207 e. The fourth-order valence-corrected chi connectivity index (χ4v) is 2.26. The molecule has 0 radical (unpaired) electrons. The number of nitrogens with zero attached hydrogens (tertiary/aromatic N) is 2. The van der Waals surface area contributed by atoms with Crippen LogP contribution in [0.15, 0.2) is 24.5 Å². The monoisotopic (exact) mass is 277 g/mol. The predicted octanol–water partition coefficient (Wildman–Crippen LogP) is 3.93. The number of benzene rings is 1. The average molecular weight is 278 g/mol. The molecule has 1 aromatic carbocycles. The molecule has 1 aliphatic carbocycles. The van der Waals surface area contributed by atoms with Gasteiger partial charge in [-0.2, -0.15) is 0 Å². The van der Waals surface area contributed by atoms with Crippen molar-refractivity contribution in [3.05, 3.63) is 35.1 Å². The lowest BCUT2D eigenvalue weighted by molar-refractivity contribution is 0.416. The molecule has 2 aromatic rings. The highest BCUT2D eigenvalue weighted by Gasteiger charge is 2.25. The van der Waals surface area contributed by atoms with Gasteiger partial charge in [-0.05, 0) is 31.4 Å². The van der Waals surface area contributed by atoms with Crippen molar-refractivity contribution >= 4 is 23.2 Å². The molecule has 1 fully saturated rings. The third-order valence-corrected chi connectivity index (χ3v) is 3.74. The van der Waals surface area contributed by atoms with Crippen molar-refractivity contribution in [2.24, 2.45) is 0 Å². The molecule has 1 aromatic heterocycles. The first-order valence-corrected chi connectivity index (χ1v) is 6.71. The lowest BCUT2D eigenvalue weighted by atomic mass is 10.2. The fourth-order valence-electron chi connectivity index (χ4n) is 2.11. The van der Waals surface area contributed by atoms with Crippen molar-refractivity contribution in [3.63, 3.8) is 0 Å². The lowest BCUT2D eigenvalue weighted by Crippen LogP contribution is -2.03. The number of hydrogen-bond acceptors (Lipinski definition) is 3. The largest absolute Gasteiger partial charge is 0.495 e. The number of anilines is 2. The summed E-state index contributed by atoms with van der Waals surface area (Å²) in [7, 11) is 1.64. The van der Waals surface area contributed by atoms with Gasteiger partial charge in [-0.3, -0.25) is 0 Å². The second-order valence-corrected chi connectivity index (χ2v) is 5.22. The van der Waals surface area contributed by atoms with Crippen LogP contribution in [0.2, 0.25) is 5.02 Å². The second kappa shape index (κ2) is 4.78. The van der Waals surface area contributed by atoms with Gasteiger partial charge in [0.1, 0.15) is 5.75 Å². The number of hydrogen-bond donors (Lipinski definition) is 1. The summed E-state index contributed by atoms with van der Waals surface area (Å²) in [6.45, 7) is 1.97. The van der Waals surface area contributed by atoms with Crippen LogP contribution in [-0.2, 0) is 0 Å². The summed E-state index contributed by atoms with van der Waals surface area (Å²) < 4.78 is 7.53. The Kier molecular flexibility index (Phi) is 3.11. The molecule has 19 heavy (non-hydrogen) atoms. The average Bonchev–Trinajstić information content (AvgIpc) is 3.14. The predicted molar refractivity (Wildman–Crippen MR) is 76.5 cm³/mol. The fraction of sp³-hybridized carbons (Fsp3) is 0.357. The van der Waals surface area contributed by atoms with Gasteiger partial charge < -0.3 is 14.6 Å². The zero-order chi connectivity index (χ0) is 13.4. The van der Waals surface area contributed by atoms with E-state index < -0.39 is 0 Å². The second-order valence-electron chi connectivity index (χ2n) is 4.82. The van der Waals surface area contributed by atoms with E-state index in [9.17, 15) is 0 Å². The number of methoxy groups -OCH3 is 1. The van der Waals surface area contributed by atoms with E-state index in [-0.39, 0.29) is 0 Å². The number of ether oxygens (including phenoxy) is 1. The van der Waals surface area contributed by atoms with Crippen LogP contribution >= 0.6 is 11.6 Å². The highest BCUT2D eigenvalue weighted by atomic mass is 35.5. The molecule has 1 heterocycles. The standard InChI is InChI=1S/C14H16ClN3O/c1-9-7-12(13(19-2)8-11(9)15)17-14-16-5-6-18(14)10-3-4-10/h5-8,10H,3-4H2,1-2H3,(H,16,17). The molecule has 0 atom stereocenters. The molecule has 1 saturated carbocycles. The van der Waals surface area contributed by atoms with Crippen molar-refractivity contribution < 1.29 is 4.74 Å². The van der Waals surface area contributed by atoms with Gasteiger partial charge in [-0.15, -0.1) is 0 Å². The zero-order valence-electron chi connectivity index (χ0n) is 11.0. The molecule has 1 aliphatic rings. The van der Waals surface area contributed by atoms with Crippen molar-refractivity contribution in [2.75, 3.05) is 12.4 Å². The summed E-state index contributed by atoms with van der Waals surface area (Å²) in [5.74, 6) is 1.57. The third kappa shape index (κ3) is 2.40. The minimum Gasteiger partial charge on any atom is -0.495 e. The minimum atomic E-state index is 0.587. The molecule has 0 amide bonds. The topological polar surface area (TPSA) is 39.1 Å². The Morgan fingerprint density at radius 3 is 2.89 bits per heavy atom. The van der Waals surface area contributed by atoms with E-state index in [0.29, 0.717) is 11.1 Å². The van der Waals surface area contributed by atoms with Crippen LogP contribution in [0.1, 0.15) is 24.4 Å². The minimum absolute atomic E-state index is 0.587. The third-order valence-electron chi connectivity index (χ3n) is 3.34. The molecule has 0 spiro atoms. The summed E-state index contributed by atoms with van der Waals surface area (Å²) in [6, 6.07) is 4.39. The number of aryl methyl sites for hydroxylation is 1. The highest BCUT2D eigenvalue weighted by Crippen LogP contribution is 2.38. The molecular weight excluding hydrogens is 262 g/mol. The molecule has 0 aliphatic heterocycles. The number of nitrogens with one attached hydrogen (secondary N) is 1. The zero-order valence-corrected chi connectivity index (χ0v) is 11.7. The van der Waals surface area contributed by atoms with Gasteiger partial charge in [0, 0.05) is 29.5 Å². The van der Waals surface area contributed by atoms with Crippen LogP contribution in [0.5, 0.6) is 5.75 Å². The molecular formula is C14H16ClN3O. The van der Waals surface area contributed by atoms with E-state index in [1.165, 1.54) is 12.8 Å². The number of rotatable bonds is 4. The van der Waals surface area contributed by atoms with Crippen molar-refractivity contribution in [3.8, 4) is 5.75 Å². The SMILES string of the molecule is COc1cc(Cl)c(C)cc1Nc1nccn1C1CC1. The molecule has 100 valence electrons. The Morgan fingerprint density at radius 2 is 2.21 bits per heavy atom. The first kappa shape index (κ1) is 12.4. The lowest BCUT2D eigenvalue weighted by Gasteiger charge is -2.13. The summed E-state index contributed by atoms with van der Waals surface area (Å²) in [6.07, 6.45) is 6.27. The van der Waals surface area contributed by atoms with Gasteiger partial charge in [0.25, 0.3) is 0 Å². The number of imidazole rings is 1. The summed E-state index contributed by atoms with van der Waals surface area (Å²) in [5, 5.41) is 4.03. The van der Waals surface area contributed by atoms with Crippen molar-refractivity contribution in [1.82, 2.24) is 9.55 Å². The highest BCUT2D eigenvalue weighted by molar-refractivity contribution is 6.31. The molecule has 5 heteroatoms. The Morgan fingerprint density at radius 1 is 1.42 bits per heavy atom. The normalized spacial score (nSPS) is 14.5. The first-order valence-electron chi connectivity index (χ1n) is 6.33. The summed E-state index contributed by atoms with van der Waals surface area (Å²) in [4.78, 5) is 4.36. The van der Waals surface area contributed by atoms with E-state index >= 15 is 0 Å². The van der Waals surface area contributed by atoms with E-state index in [1.54, 1.807) is 7.11 Å². The van der Waals surface area contributed by atoms with Gasteiger partial charge >= 0.3 is 0 Å². The molecule has 0 bridgehead atoms. The van der Waals surface area contributed by atoms with Gasteiger partial charge in [-0.25, -0.2) is 4.98 Å². The van der Waals surface area contributed by atoms with Gasteiger partial charge in [0.05, 0.1) is 12.8 Å². The molecule has 0 unspecified atom stereocenters. The van der Waals surface area contributed by atoms with Gasteiger partial charge in [0.15, 0.2) is 0 Å². The van der Waals surface area contributed by atoms with E-state index in [1.807, 2.05) is 31.5 Å². The molecule has 1 N–H and O–H groups in total. The quantitative estimate of drug-likeness (QED) is 0.920. The Balaban J connectivity index is 1.93. The Bertz CT molecular complexity index is 605.